The minimum atomic E-state index is -0.642. The van der Waals surface area contributed by atoms with E-state index < -0.39 is 11.7 Å². The highest BCUT2D eigenvalue weighted by Crippen LogP contribution is 2.18. The number of amides is 1. The maximum Gasteiger partial charge on any atom is 0.292 e. The normalized spacial score (nSPS) is 10.7. The van der Waals surface area contributed by atoms with Crippen LogP contribution in [-0.2, 0) is 11.2 Å². The monoisotopic (exact) mass is 310 g/mol. The molecule has 2 N–H and O–H groups in total. The molecule has 3 aromatic rings. The Bertz CT molecular complexity index is 853. The number of nitrogens with one attached hydrogen (secondary N) is 2. The first-order valence-electron chi connectivity index (χ1n) is 7.28. The first-order valence-corrected chi connectivity index (χ1v) is 7.28. The number of ketones is 1. The Morgan fingerprint density at radius 3 is 2.57 bits per heavy atom. The number of rotatable bonds is 5. The molecule has 1 heterocycles. The Labute approximate surface area is 132 Å². The van der Waals surface area contributed by atoms with Crippen LogP contribution in [0.15, 0.2) is 54.7 Å². The van der Waals surface area contributed by atoms with Crippen molar-refractivity contribution in [3.05, 3.63) is 71.7 Å². The number of hydrogen-bond donors (Lipinski definition) is 2. The average molecular weight is 310 g/mol. The molecule has 4 nitrogen and oxygen atoms in total. The summed E-state index contributed by atoms with van der Waals surface area (Å²) in [6.07, 6.45) is 2.08. The van der Waals surface area contributed by atoms with Gasteiger partial charge in [-0.3, -0.25) is 9.59 Å². The van der Waals surface area contributed by atoms with Gasteiger partial charge in [-0.2, -0.15) is 0 Å². The minimum Gasteiger partial charge on any atom is -0.360 e. The molecule has 0 atom stereocenters. The summed E-state index contributed by atoms with van der Waals surface area (Å²) in [5, 5.41) is 3.33. The van der Waals surface area contributed by atoms with E-state index in [-0.39, 0.29) is 5.82 Å². The Hall–Kier alpha value is -2.95. The second-order valence-corrected chi connectivity index (χ2v) is 5.21. The number of Topliss-reactive ketones (excluding diaryl/α,β-unsaturated/α-hetero) is 1. The summed E-state index contributed by atoms with van der Waals surface area (Å²) < 4.78 is 12.8. The van der Waals surface area contributed by atoms with Crippen LogP contribution >= 0.6 is 0 Å². The topological polar surface area (TPSA) is 62.0 Å². The van der Waals surface area contributed by atoms with Crippen molar-refractivity contribution in [3.8, 4) is 0 Å². The Balaban J connectivity index is 1.61. The number of hydrogen-bond acceptors (Lipinski definition) is 2. The number of carbonyl (C=O) groups excluding carboxylic acids is 2. The van der Waals surface area contributed by atoms with Crippen molar-refractivity contribution in [3.63, 3.8) is 0 Å². The van der Waals surface area contributed by atoms with Gasteiger partial charge in [0.05, 0.1) is 5.56 Å². The number of halogens is 1. The van der Waals surface area contributed by atoms with Crippen LogP contribution < -0.4 is 5.32 Å². The summed E-state index contributed by atoms with van der Waals surface area (Å²) in [5.74, 6) is -1.51. The van der Waals surface area contributed by atoms with Gasteiger partial charge in [0.1, 0.15) is 5.82 Å². The largest absolute Gasteiger partial charge is 0.360 e. The lowest BCUT2D eigenvalue weighted by Gasteiger charge is -2.04. The summed E-state index contributed by atoms with van der Waals surface area (Å²) in [6.45, 7) is 0.318. The Kier molecular flexibility index (Phi) is 4.19. The minimum absolute atomic E-state index is 0.299. The van der Waals surface area contributed by atoms with Crippen LogP contribution in [-0.4, -0.2) is 23.2 Å². The lowest BCUT2D eigenvalue weighted by molar-refractivity contribution is -0.116. The summed E-state index contributed by atoms with van der Waals surface area (Å²) in [4.78, 5) is 27.2. The van der Waals surface area contributed by atoms with E-state index in [0.29, 0.717) is 18.5 Å². The van der Waals surface area contributed by atoms with Crippen LogP contribution in [0.1, 0.15) is 15.9 Å². The second kappa shape index (κ2) is 6.44. The zero-order valence-corrected chi connectivity index (χ0v) is 12.3. The summed E-state index contributed by atoms with van der Waals surface area (Å²) in [6, 6.07) is 13.4. The van der Waals surface area contributed by atoms with Crippen molar-refractivity contribution < 1.29 is 14.0 Å². The van der Waals surface area contributed by atoms with E-state index in [1.165, 1.54) is 12.1 Å². The molecule has 0 saturated carbocycles. The van der Waals surface area contributed by atoms with Gasteiger partial charge < -0.3 is 10.3 Å². The second-order valence-electron chi connectivity index (χ2n) is 5.21. The predicted molar refractivity (Wildman–Crippen MR) is 85.7 cm³/mol. The lowest BCUT2D eigenvalue weighted by atomic mass is 10.1. The van der Waals surface area contributed by atoms with Crippen LogP contribution in [0.25, 0.3) is 10.9 Å². The van der Waals surface area contributed by atoms with Gasteiger partial charge in [-0.25, -0.2) is 4.39 Å². The molecule has 0 unspecified atom stereocenters. The third-order valence-electron chi connectivity index (χ3n) is 3.65. The molecular weight excluding hydrogens is 295 g/mol. The van der Waals surface area contributed by atoms with Crippen molar-refractivity contribution in [1.82, 2.24) is 10.3 Å². The number of benzene rings is 2. The van der Waals surface area contributed by atoms with Crippen molar-refractivity contribution in [2.75, 3.05) is 6.54 Å². The number of fused-ring (bicyclic) bond motifs is 1. The summed E-state index contributed by atoms with van der Waals surface area (Å²) in [7, 11) is 0. The van der Waals surface area contributed by atoms with Crippen LogP contribution in [0.3, 0.4) is 0 Å². The number of aromatic nitrogens is 1. The molecule has 5 heteroatoms. The molecule has 3 rings (SSSR count). The van der Waals surface area contributed by atoms with E-state index in [1.54, 1.807) is 24.4 Å². The number of carbonyl (C=O) groups is 2. The standard InChI is InChI=1S/C18H15FN2O2/c19-13-7-5-12(6-8-13)9-10-20-18(23)17(22)15-11-21-16-4-2-1-3-14(15)16/h1-8,11,21H,9-10H2,(H,20,23). The summed E-state index contributed by atoms with van der Waals surface area (Å²) in [5.41, 5.74) is 2.07. The quantitative estimate of drug-likeness (QED) is 0.562. The maximum atomic E-state index is 12.8. The SMILES string of the molecule is O=C(NCCc1ccc(F)cc1)C(=O)c1c[nH]c2ccccc12. The van der Waals surface area contributed by atoms with E-state index in [9.17, 15) is 14.0 Å². The van der Waals surface area contributed by atoms with E-state index in [1.807, 2.05) is 18.2 Å². The third kappa shape index (κ3) is 3.29. The molecule has 0 aliphatic rings. The molecule has 1 amide bonds. The fraction of sp³-hybridized carbons (Fsp3) is 0.111. The van der Waals surface area contributed by atoms with E-state index >= 15 is 0 Å². The number of H-pyrrole nitrogens is 1. The smallest absolute Gasteiger partial charge is 0.292 e. The fourth-order valence-electron chi connectivity index (χ4n) is 2.43. The number of para-hydroxylation sites is 1. The van der Waals surface area contributed by atoms with Crippen molar-refractivity contribution in [2.24, 2.45) is 0 Å². The predicted octanol–water partition coefficient (Wildman–Crippen LogP) is 2.85. The molecule has 0 radical (unpaired) electrons. The number of aromatic amines is 1. The van der Waals surface area contributed by atoms with Gasteiger partial charge in [0.15, 0.2) is 0 Å². The molecule has 116 valence electrons. The molecule has 1 aromatic heterocycles. The fourth-order valence-corrected chi connectivity index (χ4v) is 2.43. The molecule has 0 saturated heterocycles. The van der Waals surface area contributed by atoms with Gasteiger partial charge in [0, 0.05) is 23.6 Å². The summed E-state index contributed by atoms with van der Waals surface area (Å²) >= 11 is 0. The van der Waals surface area contributed by atoms with Crippen molar-refractivity contribution in [1.29, 1.82) is 0 Å². The van der Waals surface area contributed by atoms with Crippen LogP contribution in [0.4, 0.5) is 4.39 Å². The molecule has 0 aliphatic heterocycles. The highest BCUT2D eigenvalue weighted by molar-refractivity contribution is 6.44. The Morgan fingerprint density at radius 2 is 1.78 bits per heavy atom. The van der Waals surface area contributed by atoms with Gasteiger partial charge in [-0.05, 0) is 30.2 Å². The molecule has 2 aromatic carbocycles. The molecule has 0 spiro atoms. The van der Waals surface area contributed by atoms with Crippen LogP contribution in [0.2, 0.25) is 0 Å². The maximum absolute atomic E-state index is 12.8. The van der Waals surface area contributed by atoms with Crippen LogP contribution in [0, 0.1) is 5.82 Å². The van der Waals surface area contributed by atoms with Gasteiger partial charge >= 0.3 is 0 Å². The van der Waals surface area contributed by atoms with Gasteiger partial charge in [0.2, 0.25) is 0 Å². The highest BCUT2D eigenvalue weighted by atomic mass is 19.1. The molecular formula is C18H15FN2O2. The molecule has 0 bridgehead atoms. The first-order chi connectivity index (χ1) is 11.1. The lowest BCUT2D eigenvalue weighted by Crippen LogP contribution is -2.32. The first kappa shape index (κ1) is 15.0. The van der Waals surface area contributed by atoms with Gasteiger partial charge in [0.25, 0.3) is 11.7 Å². The zero-order chi connectivity index (χ0) is 16.2. The van der Waals surface area contributed by atoms with Crippen molar-refractivity contribution in [2.45, 2.75) is 6.42 Å². The zero-order valence-electron chi connectivity index (χ0n) is 12.3. The van der Waals surface area contributed by atoms with Crippen molar-refractivity contribution >= 4 is 22.6 Å². The molecule has 0 aliphatic carbocycles. The van der Waals surface area contributed by atoms with Crippen LogP contribution in [0.5, 0.6) is 0 Å². The third-order valence-corrected chi connectivity index (χ3v) is 3.65. The molecule has 0 fully saturated rings. The van der Waals surface area contributed by atoms with E-state index in [0.717, 1.165) is 16.5 Å². The van der Waals surface area contributed by atoms with E-state index in [2.05, 4.69) is 10.3 Å². The Morgan fingerprint density at radius 1 is 1.04 bits per heavy atom. The highest BCUT2D eigenvalue weighted by Gasteiger charge is 2.19. The van der Waals surface area contributed by atoms with Gasteiger partial charge in [-0.15, -0.1) is 0 Å². The van der Waals surface area contributed by atoms with E-state index in [4.69, 9.17) is 0 Å². The molecule has 23 heavy (non-hydrogen) atoms. The van der Waals surface area contributed by atoms with Gasteiger partial charge in [-0.1, -0.05) is 30.3 Å². The average Bonchev–Trinajstić information content (AvgIpc) is 3.00.